The van der Waals surface area contributed by atoms with Crippen LogP contribution < -0.4 is 10.1 Å². The average molecular weight is 538 g/mol. The molecule has 1 fully saturated rings. The number of hydrogen-bond acceptors (Lipinski definition) is 7. The van der Waals surface area contributed by atoms with Gasteiger partial charge in [0, 0.05) is 12.0 Å². The molecule has 0 bridgehead atoms. The first-order valence-corrected chi connectivity index (χ1v) is 11.8. The van der Waals surface area contributed by atoms with Gasteiger partial charge in [-0.1, -0.05) is 43.0 Å². The Bertz CT molecular complexity index is 1160. The zero-order chi connectivity index (χ0) is 28.1. The number of rotatable bonds is 9. The van der Waals surface area contributed by atoms with Crippen molar-refractivity contribution in [3.05, 3.63) is 71.8 Å². The van der Waals surface area contributed by atoms with E-state index in [1.54, 1.807) is 31.2 Å². The van der Waals surface area contributed by atoms with E-state index in [1.807, 2.05) is 6.07 Å². The van der Waals surface area contributed by atoms with E-state index in [-0.39, 0.29) is 36.5 Å². The normalized spacial score (nSPS) is 23.4. The number of aromatic hydroxyl groups is 1. The van der Waals surface area contributed by atoms with Gasteiger partial charge in [0.15, 0.2) is 0 Å². The van der Waals surface area contributed by atoms with Crippen molar-refractivity contribution in [2.24, 2.45) is 0 Å². The number of ether oxygens (including phenoxy) is 4. The minimum absolute atomic E-state index is 0.0269. The summed E-state index contributed by atoms with van der Waals surface area (Å²) in [6.07, 6.45) is -6.72. The fourth-order valence-corrected chi connectivity index (χ4v) is 4.53. The van der Waals surface area contributed by atoms with Gasteiger partial charge in [-0.3, -0.25) is 4.79 Å². The zero-order valence-corrected chi connectivity index (χ0v) is 21.2. The molecule has 2 aromatic rings. The molecule has 1 saturated heterocycles. The van der Waals surface area contributed by atoms with Gasteiger partial charge in [-0.2, -0.15) is 13.2 Å². The Hall–Kier alpha value is -3.57. The molecule has 0 aliphatic carbocycles. The first-order chi connectivity index (χ1) is 17.9. The molecular formula is C27H30F3NO7. The first kappa shape index (κ1) is 29.0. The smallest absolute Gasteiger partial charge is 0.471 e. The van der Waals surface area contributed by atoms with Crippen LogP contribution in [0.15, 0.2) is 55.1 Å². The predicted molar refractivity (Wildman–Crippen MR) is 131 cm³/mol. The minimum atomic E-state index is -5.13. The molecule has 1 heterocycles. The number of phenols is 1. The predicted octanol–water partition coefficient (Wildman–Crippen LogP) is 4.62. The molecule has 1 aliphatic heterocycles. The molecule has 1 aliphatic rings. The molecule has 2 aromatic carbocycles. The highest BCUT2D eigenvalue weighted by molar-refractivity contribution is 5.96. The lowest BCUT2D eigenvalue weighted by molar-refractivity contribution is -0.196. The van der Waals surface area contributed by atoms with E-state index in [2.05, 4.69) is 11.9 Å². The molecule has 0 spiro atoms. The maximum atomic E-state index is 13.3. The lowest BCUT2D eigenvalue weighted by atomic mass is 9.80. The molecule has 1 amide bonds. The van der Waals surface area contributed by atoms with E-state index in [0.29, 0.717) is 0 Å². The van der Waals surface area contributed by atoms with Crippen LogP contribution in [0.3, 0.4) is 0 Å². The van der Waals surface area contributed by atoms with Gasteiger partial charge < -0.3 is 29.4 Å². The van der Waals surface area contributed by atoms with Crippen molar-refractivity contribution >= 4 is 11.9 Å². The Morgan fingerprint density at radius 3 is 2.53 bits per heavy atom. The largest absolute Gasteiger partial charge is 0.507 e. The van der Waals surface area contributed by atoms with Gasteiger partial charge in [0.05, 0.1) is 31.5 Å². The Morgan fingerprint density at radius 2 is 1.92 bits per heavy atom. The van der Waals surface area contributed by atoms with Gasteiger partial charge in [-0.15, -0.1) is 0 Å². The number of methoxy groups -OCH3 is 1. The maximum Gasteiger partial charge on any atom is 0.471 e. The number of benzene rings is 2. The topological polar surface area (TPSA) is 103 Å². The van der Waals surface area contributed by atoms with Crippen molar-refractivity contribution in [2.75, 3.05) is 13.7 Å². The maximum absolute atomic E-state index is 13.3. The second kappa shape index (κ2) is 11.9. The number of esters is 1. The average Bonchev–Trinajstić information content (AvgIpc) is 2.86. The zero-order valence-electron chi connectivity index (χ0n) is 21.2. The Balaban J connectivity index is 1.98. The van der Waals surface area contributed by atoms with Crippen molar-refractivity contribution in [3.63, 3.8) is 0 Å². The Labute approximate surface area is 218 Å². The molecule has 4 atom stereocenters. The van der Waals surface area contributed by atoms with Crippen molar-refractivity contribution in [3.8, 4) is 11.5 Å². The van der Waals surface area contributed by atoms with Gasteiger partial charge in [0.1, 0.15) is 29.8 Å². The second-order valence-corrected chi connectivity index (χ2v) is 9.09. The van der Waals surface area contributed by atoms with Crippen LogP contribution in [0.2, 0.25) is 0 Å². The quantitative estimate of drug-likeness (QED) is 0.356. The number of halogens is 3. The van der Waals surface area contributed by atoms with Crippen LogP contribution in [0, 0.1) is 0 Å². The monoisotopic (exact) mass is 537 g/mol. The third kappa shape index (κ3) is 6.46. The number of hydrogen-bond donors (Lipinski definition) is 2. The molecule has 8 nitrogen and oxygen atoms in total. The van der Waals surface area contributed by atoms with Gasteiger partial charge >= 0.3 is 18.1 Å². The summed E-state index contributed by atoms with van der Waals surface area (Å²) < 4.78 is 62.1. The molecule has 206 valence electrons. The van der Waals surface area contributed by atoms with Crippen LogP contribution in [0.1, 0.15) is 47.9 Å². The van der Waals surface area contributed by atoms with E-state index >= 15 is 0 Å². The van der Waals surface area contributed by atoms with E-state index in [9.17, 15) is 27.9 Å². The van der Waals surface area contributed by atoms with Crippen molar-refractivity contribution in [1.82, 2.24) is 5.32 Å². The Morgan fingerprint density at radius 1 is 1.24 bits per heavy atom. The first-order valence-electron chi connectivity index (χ1n) is 11.8. The molecule has 11 heteroatoms. The summed E-state index contributed by atoms with van der Waals surface area (Å²) in [6.45, 7) is 6.67. The van der Waals surface area contributed by atoms with Crippen molar-refractivity contribution < 1.29 is 46.8 Å². The number of amides is 1. The molecule has 2 N–H and O–H groups in total. The molecule has 1 unspecified atom stereocenters. The highest BCUT2D eigenvalue weighted by Gasteiger charge is 2.51. The summed E-state index contributed by atoms with van der Waals surface area (Å²) in [6, 6.07) is 11.9. The summed E-state index contributed by atoms with van der Waals surface area (Å²) in [5.41, 5.74) is -0.954. The fourth-order valence-electron chi connectivity index (χ4n) is 4.53. The second-order valence-electron chi connectivity index (χ2n) is 9.09. The SMILES string of the molecule is C=CCOc1ccc([C@@H]2C[C@@](C)(NC(=O)C(F)(F)F)[C@H](OCc3ccccc3)C(C)O2)c(O)c1C(=O)OC. The summed E-state index contributed by atoms with van der Waals surface area (Å²) in [5.74, 6) is -3.50. The number of alkyl halides is 3. The number of nitrogens with one attached hydrogen (secondary N) is 1. The van der Waals surface area contributed by atoms with E-state index in [4.69, 9.17) is 18.9 Å². The van der Waals surface area contributed by atoms with E-state index in [1.165, 1.54) is 25.1 Å². The van der Waals surface area contributed by atoms with E-state index in [0.717, 1.165) is 12.7 Å². The lowest BCUT2D eigenvalue weighted by Crippen LogP contribution is -2.64. The van der Waals surface area contributed by atoms with Crippen LogP contribution >= 0.6 is 0 Å². The molecule has 38 heavy (non-hydrogen) atoms. The molecule has 0 saturated carbocycles. The highest BCUT2D eigenvalue weighted by atomic mass is 19.4. The summed E-state index contributed by atoms with van der Waals surface area (Å²) in [4.78, 5) is 24.5. The molecular weight excluding hydrogens is 507 g/mol. The van der Waals surface area contributed by atoms with Gasteiger partial charge in [0.2, 0.25) is 0 Å². The van der Waals surface area contributed by atoms with Crippen LogP contribution in [-0.4, -0.2) is 54.6 Å². The third-order valence-electron chi connectivity index (χ3n) is 6.24. The van der Waals surface area contributed by atoms with Gasteiger partial charge in [0.25, 0.3) is 0 Å². The fraction of sp³-hybridized carbons (Fsp3) is 0.407. The molecule has 0 radical (unpaired) electrons. The third-order valence-corrected chi connectivity index (χ3v) is 6.24. The van der Waals surface area contributed by atoms with Crippen molar-refractivity contribution in [2.45, 2.75) is 56.9 Å². The lowest BCUT2D eigenvalue weighted by Gasteiger charge is -2.48. The summed E-state index contributed by atoms with van der Waals surface area (Å²) >= 11 is 0. The van der Waals surface area contributed by atoms with Gasteiger partial charge in [-0.05, 0) is 31.5 Å². The number of carbonyl (C=O) groups is 2. The van der Waals surface area contributed by atoms with Crippen LogP contribution in [0.4, 0.5) is 13.2 Å². The summed E-state index contributed by atoms with van der Waals surface area (Å²) in [5, 5.41) is 13.1. The van der Waals surface area contributed by atoms with Crippen LogP contribution in [-0.2, 0) is 25.6 Å². The highest BCUT2D eigenvalue weighted by Crippen LogP contribution is 2.45. The summed E-state index contributed by atoms with van der Waals surface area (Å²) in [7, 11) is 1.13. The standard InChI is InChI=1S/C27H30F3NO7/c1-5-13-36-19-12-11-18(22(32)21(19)24(33)35-4)20-14-26(3,31-25(34)27(28,29)30)23(16(2)38-20)37-15-17-9-7-6-8-10-17/h5-12,16,20,23,32H,1,13-15H2,2-4H3,(H,31,34)/t16?,20-,23+,26+/m0/s1. The van der Waals surface area contributed by atoms with Crippen molar-refractivity contribution in [1.29, 1.82) is 0 Å². The number of carbonyl (C=O) groups excluding carboxylic acids is 2. The minimum Gasteiger partial charge on any atom is -0.507 e. The number of phenolic OH excluding ortho intramolecular Hbond substituents is 1. The molecule has 0 aromatic heterocycles. The molecule has 3 rings (SSSR count). The van der Waals surface area contributed by atoms with Crippen LogP contribution in [0.5, 0.6) is 11.5 Å². The Kier molecular flexibility index (Phi) is 9.05. The van der Waals surface area contributed by atoms with Crippen LogP contribution in [0.25, 0.3) is 0 Å². The van der Waals surface area contributed by atoms with Gasteiger partial charge in [-0.25, -0.2) is 4.79 Å². The van der Waals surface area contributed by atoms with E-state index < -0.39 is 47.7 Å².